The number of halogens is 2. The Hall–Kier alpha value is -1.09. The summed E-state index contributed by atoms with van der Waals surface area (Å²) in [5, 5.41) is 8.91. The zero-order valence-corrected chi connectivity index (χ0v) is 11.6. The van der Waals surface area contributed by atoms with E-state index in [0.29, 0.717) is 13.0 Å². The standard InChI is InChI=1S/C12H15F2NO4S/c1-12(4-5-19-7-12)15-20(17,18)10-3-2-9(13)8(6-16)11(10)14/h2-3,15-16H,4-7H2,1H3. The minimum absolute atomic E-state index is 0.182. The van der Waals surface area contributed by atoms with E-state index in [1.165, 1.54) is 0 Å². The van der Waals surface area contributed by atoms with Gasteiger partial charge in [0.15, 0.2) is 5.82 Å². The highest BCUT2D eigenvalue weighted by Gasteiger charge is 2.36. The normalized spacial score (nSPS) is 23.2. The minimum Gasteiger partial charge on any atom is -0.391 e. The predicted octanol–water partition coefficient (Wildman–Crippen LogP) is 0.914. The fourth-order valence-electron chi connectivity index (χ4n) is 2.06. The lowest BCUT2D eigenvalue weighted by Gasteiger charge is -2.23. The van der Waals surface area contributed by atoms with Gasteiger partial charge in [-0.25, -0.2) is 21.9 Å². The van der Waals surface area contributed by atoms with Crippen LogP contribution in [0.15, 0.2) is 17.0 Å². The first-order chi connectivity index (χ1) is 9.29. The first-order valence-electron chi connectivity index (χ1n) is 5.98. The summed E-state index contributed by atoms with van der Waals surface area (Å²) >= 11 is 0. The van der Waals surface area contributed by atoms with E-state index in [4.69, 9.17) is 9.84 Å². The van der Waals surface area contributed by atoms with E-state index >= 15 is 0 Å². The van der Waals surface area contributed by atoms with Gasteiger partial charge in [0.25, 0.3) is 0 Å². The Balaban J connectivity index is 2.40. The van der Waals surface area contributed by atoms with Crippen LogP contribution in [0.4, 0.5) is 8.78 Å². The lowest BCUT2D eigenvalue weighted by Crippen LogP contribution is -2.46. The largest absolute Gasteiger partial charge is 0.391 e. The molecule has 1 saturated heterocycles. The van der Waals surface area contributed by atoms with Crippen LogP contribution in [0.25, 0.3) is 0 Å². The van der Waals surface area contributed by atoms with E-state index < -0.39 is 44.3 Å². The van der Waals surface area contributed by atoms with Crippen molar-refractivity contribution in [2.45, 2.75) is 30.4 Å². The third-order valence-electron chi connectivity index (χ3n) is 3.20. The van der Waals surface area contributed by atoms with Crippen LogP contribution in [0.2, 0.25) is 0 Å². The number of benzene rings is 1. The first kappa shape index (κ1) is 15.3. The first-order valence-corrected chi connectivity index (χ1v) is 7.47. The molecule has 112 valence electrons. The molecule has 1 unspecified atom stereocenters. The van der Waals surface area contributed by atoms with Crippen LogP contribution in [-0.4, -0.2) is 32.3 Å². The summed E-state index contributed by atoms with van der Waals surface area (Å²) in [6.07, 6.45) is 0.460. The van der Waals surface area contributed by atoms with Crippen molar-refractivity contribution in [2.75, 3.05) is 13.2 Å². The Morgan fingerprint density at radius 2 is 2.15 bits per heavy atom. The molecule has 1 atom stereocenters. The van der Waals surface area contributed by atoms with Crippen molar-refractivity contribution in [1.82, 2.24) is 4.72 Å². The highest BCUT2D eigenvalue weighted by molar-refractivity contribution is 7.89. The third-order valence-corrected chi connectivity index (χ3v) is 4.85. The summed E-state index contributed by atoms with van der Waals surface area (Å²) in [7, 11) is -4.16. The van der Waals surface area contributed by atoms with Crippen LogP contribution in [0, 0.1) is 11.6 Å². The average Bonchev–Trinajstić information content (AvgIpc) is 2.74. The predicted molar refractivity (Wildman–Crippen MR) is 66.4 cm³/mol. The van der Waals surface area contributed by atoms with Crippen molar-refractivity contribution in [3.05, 3.63) is 29.3 Å². The molecule has 1 aromatic rings. The molecule has 0 amide bonds. The van der Waals surface area contributed by atoms with Crippen molar-refractivity contribution in [2.24, 2.45) is 0 Å². The van der Waals surface area contributed by atoms with Gasteiger partial charge in [-0.2, -0.15) is 0 Å². The van der Waals surface area contributed by atoms with Gasteiger partial charge in [-0.05, 0) is 25.5 Å². The molecule has 20 heavy (non-hydrogen) atoms. The topological polar surface area (TPSA) is 75.6 Å². The van der Waals surface area contributed by atoms with Crippen molar-refractivity contribution in [3.63, 3.8) is 0 Å². The van der Waals surface area contributed by atoms with Gasteiger partial charge in [0.1, 0.15) is 10.7 Å². The molecule has 1 heterocycles. The lowest BCUT2D eigenvalue weighted by atomic mass is 10.0. The maximum absolute atomic E-state index is 14.0. The lowest BCUT2D eigenvalue weighted by molar-refractivity contribution is 0.178. The van der Waals surface area contributed by atoms with Gasteiger partial charge in [0, 0.05) is 6.61 Å². The molecule has 1 fully saturated rings. The summed E-state index contributed by atoms with van der Waals surface area (Å²) in [5.74, 6) is -2.26. The zero-order valence-electron chi connectivity index (χ0n) is 10.8. The number of aliphatic hydroxyl groups excluding tert-OH is 1. The van der Waals surface area contributed by atoms with Crippen LogP contribution in [0.5, 0.6) is 0 Å². The molecule has 0 radical (unpaired) electrons. The second kappa shape index (κ2) is 5.36. The van der Waals surface area contributed by atoms with E-state index in [1.807, 2.05) is 0 Å². The van der Waals surface area contributed by atoms with E-state index in [-0.39, 0.29) is 6.61 Å². The van der Waals surface area contributed by atoms with Gasteiger partial charge in [0.05, 0.1) is 24.3 Å². The van der Waals surface area contributed by atoms with E-state index in [9.17, 15) is 17.2 Å². The Labute approximate surface area is 115 Å². The van der Waals surface area contributed by atoms with Crippen LogP contribution >= 0.6 is 0 Å². The van der Waals surface area contributed by atoms with Gasteiger partial charge < -0.3 is 9.84 Å². The van der Waals surface area contributed by atoms with E-state index in [1.54, 1.807) is 6.92 Å². The van der Waals surface area contributed by atoms with Gasteiger partial charge in [-0.1, -0.05) is 0 Å². The Kier molecular flexibility index (Phi) is 4.10. The van der Waals surface area contributed by atoms with Crippen LogP contribution in [0.1, 0.15) is 18.9 Å². The van der Waals surface area contributed by atoms with Crippen molar-refractivity contribution in [3.8, 4) is 0 Å². The van der Waals surface area contributed by atoms with Gasteiger partial charge in [-0.3, -0.25) is 0 Å². The number of ether oxygens (including phenoxy) is 1. The second-order valence-electron chi connectivity index (χ2n) is 4.96. The molecular weight excluding hydrogens is 292 g/mol. The van der Waals surface area contributed by atoms with E-state index in [2.05, 4.69) is 4.72 Å². The molecule has 0 aromatic heterocycles. The molecule has 2 rings (SSSR count). The van der Waals surface area contributed by atoms with Crippen molar-refractivity contribution >= 4 is 10.0 Å². The van der Waals surface area contributed by atoms with Crippen molar-refractivity contribution < 1.29 is 27.0 Å². The number of hydrogen-bond donors (Lipinski definition) is 2. The summed E-state index contributed by atoms with van der Waals surface area (Å²) < 4.78 is 59.1. The highest BCUT2D eigenvalue weighted by atomic mass is 32.2. The summed E-state index contributed by atoms with van der Waals surface area (Å²) in [5.41, 5.74) is -1.49. The summed E-state index contributed by atoms with van der Waals surface area (Å²) in [6.45, 7) is 1.32. The Bertz CT molecular complexity index is 612. The molecule has 0 saturated carbocycles. The second-order valence-corrected chi connectivity index (χ2v) is 6.62. The van der Waals surface area contributed by atoms with Crippen molar-refractivity contribution in [1.29, 1.82) is 0 Å². The number of aliphatic hydroxyl groups is 1. The number of sulfonamides is 1. The molecule has 0 spiro atoms. The maximum Gasteiger partial charge on any atom is 0.244 e. The quantitative estimate of drug-likeness (QED) is 0.867. The summed E-state index contributed by atoms with van der Waals surface area (Å²) in [4.78, 5) is -0.684. The maximum atomic E-state index is 14.0. The fourth-order valence-corrected chi connectivity index (χ4v) is 3.58. The molecule has 5 nitrogen and oxygen atoms in total. The Morgan fingerprint density at radius 1 is 1.45 bits per heavy atom. The van der Waals surface area contributed by atoms with Crippen LogP contribution < -0.4 is 4.72 Å². The number of nitrogens with one attached hydrogen (secondary N) is 1. The average molecular weight is 307 g/mol. The molecule has 2 N–H and O–H groups in total. The number of rotatable bonds is 4. The fraction of sp³-hybridized carbons (Fsp3) is 0.500. The third kappa shape index (κ3) is 2.83. The van der Waals surface area contributed by atoms with Crippen LogP contribution in [-0.2, 0) is 21.4 Å². The highest BCUT2D eigenvalue weighted by Crippen LogP contribution is 2.25. The van der Waals surface area contributed by atoms with Gasteiger partial charge >= 0.3 is 0 Å². The number of hydrogen-bond acceptors (Lipinski definition) is 4. The zero-order chi connectivity index (χ0) is 15.0. The monoisotopic (exact) mass is 307 g/mol. The van der Waals surface area contributed by atoms with Crippen LogP contribution in [0.3, 0.4) is 0 Å². The molecular formula is C12H15F2NO4S. The molecule has 1 aliphatic heterocycles. The summed E-state index contributed by atoms with van der Waals surface area (Å²) in [6, 6.07) is 1.65. The molecule has 0 bridgehead atoms. The molecule has 8 heteroatoms. The minimum atomic E-state index is -4.16. The molecule has 0 aliphatic carbocycles. The van der Waals surface area contributed by atoms with Gasteiger partial charge in [0.2, 0.25) is 10.0 Å². The van der Waals surface area contributed by atoms with Gasteiger partial charge in [-0.15, -0.1) is 0 Å². The Morgan fingerprint density at radius 3 is 2.70 bits per heavy atom. The smallest absolute Gasteiger partial charge is 0.244 e. The SMILES string of the molecule is CC1(NS(=O)(=O)c2ccc(F)c(CO)c2F)CCOC1. The molecule has 1 aliphatic rings. The molecule has 1 aromatic carbocycles. The van der Waals surface area contributed by atoms with E-state index in [0.717, 1.165) is 12.1 Å².